The van der Waals surface area contributed by atoms with Gasteiger partial charge in [0, 0.05) is 42.0 Å². The molecule has 0 saturated carbocycles. The van der Waals surface area contributed by atoms with Gasteiger partial charge in [-0.2, -0.15) is 0 Å². The van der Waals surface area contributed by atoms with E-state index in [1.54, 1.807) is 0 Å². The summed E-state index contributed by atoms with van der Waals surface area (Å²) in [4.78, 5) is 4.96. The Kier molecular flexibility index (Phi) is 4.05. The zero-order valence-electron chi connectivity index (χ0n) is 18.1. The summed E-state index contributed by atoms with van der Waals surface area (Å²) in [7, 11) is 0. The third-order valence-electron chi connectivity index (χ3n) is 6.21. The number of nitrogens with zero attached hydrogens (tertiary/aromatic N) is 1. The van der Waals surface area contributed by atoms with E-state index in [0.717, 1.165) is 5.69 Å². The maximum Gasteiger partial charge on any atom is 0.0795 e. The van der Waals surface area contributed by atoms with Crippen molar-refractivity contribution in [2.24, 2.45) is 0 Å². The summed E-state index contributed by atoms with van der Waals surface area (Å²) < 4.78 is 4.01. The Labute approximate surface area is 190 Å². The van der Waals surface area contributed by atoms with Gasteiger partial charge < -0.3 is 0 Å². The zero-order valence-corrected chi connectivity index (χ0v) is 19.7. The van der Waals surface area contributed by atoms with Gasteiger partial charge in [-0.25, -0.2) is 0 Å². The molecule has 0 fully saturated rings. The first-order chi connectivity index (χ1) is 14.9. The van der Waals surface area contributed by atoms with Crippen LogP contribution in [0.1, 0.15) is 31.9 Å². The monoisotopic (exact) mass is 437 g/mol. The Hall–Kier alpha value is -2.75. The van der Waals surface area contributed by atoms with Crippen LogP contribution in [-0.2, 0) is 5.41 Å². The minimum absolute atomic E-state index is 0.0530. The van der Waals surface area contributed by atoms with Crippen molar-refractivity contribution in [3.05, 3.63) is 77.3 Å². The molecule has 0 N–H and O–H groups in total. The first-order valence-electron chi connectivity index (χ1n) is 10.6. The average molecular weight is 438 g/mol. The van der Waals surface area contributed by atoms with E-state index in [-0.39, 0.29) is 5.41 Å². The van der Waals surface area contributed by atoms with E-state index >= 15 is 0 Å². The molecule has 0 radical (unpaired) electrons. The lowest BCUT2D eigenvalue weighted by Crippen LogP contribution is -2.12. The Balaban J connectivity index is 1.78. The highest BCUT2D eigenvalue weighted by molar-refractivity contribution is 7.26. The molecule has 0 unspecified atom stereocenters. The highest BCUT2D eigenvalue weighted by atomic mass is 32.1. The van der Waals surface area contributed by atoms with Gasteiger partial charge in [-0.3, -0.25) is 4.98 Å². The minimum atomic E-state index is 0.0530. The van der Waals surface area contributed by atoms with Crippen LogP contribution in [0.25, 0.3) is 52.3 Å². The Morgan fingerprint density at radius 3 is 2.42 bits per heavy atom. The van der Waals surface area contributed by atoms with Crippen LogP contribution in [-0.4, -0.2) is 4.98 Å². The van der Waals surface area contributed by atoms with Gasteiger partial charge in [0.1, 0.15) is 0 Å². The smallest absolute Gasteiger partial charge is 0.0795 e. The molecule has 0 aliphatic heterocycles. The lowest BCUT2D eigenvalue weighted by molar-refractivity contribution is 0.596. The van der Waals surface area contributed by atoms with Crippen LogP contribution in [0.2, 0.25) is 0 Å². The van der Waals surface area contributed by atoms with Gasteiger partial charge in [0.15, 0.2) is 0 Å². The molecule has 0 aliphatic rings. The molecule has 0 aliphatic carbocycles. The van der Waals surface area contributed by atoms with Gasteiger partial charge in [-0.05, 0) is 69.9 Å². The van der Waals surface area contributed by atoms with Crippen LogP contribution in [0.4, 0.5) is 0 Å². The highest BCUT2D eigenvalue weighted by Crippen LogP contribution is 2.45. The molecule has 3 aromatic carbocycles. The molecular weight excluding hydrogens is 414 g/mol. The molecule has 0 saturated heterocycles. The predicted molar refractivity (Wildman–Crippen MR) is 139 cm³/mol. The van der Waals surface area contributed by atoms with Crippen LogP contribution in [0.3, 0.4) is 0 Å². The van der Waals surface area contributed by atoms with Crippen molar-refractivity contribution in [3.8, 4) is 11.3 Å². The van der Waals surface area contributed by atoms with Crippen LogP contribution in [0.15, 0.2) is 66.2 Å². The molecule has 0 amide bonds. The molecule has 31 heavy (non-hydrogen) atoms. The molecule has 1 nitrogen and oxygen atoms in total. The number of aromatic nitrogens is 1. The number of fused-ring (bicyclic) bond motifs is 6. The number of pyridine rings is 1. The summed E-state index contributed by atoms with van der Waals surface area (Å²) in [5.74, 6) is 0. The molecular formula is C28H23NS2. The molecule has 0 spiro atoms. The quantitative estimate of drug-likeness (QED) is 0.250. The number of hydrogen-bond acceptors (Lipinski definition) is 3. The summed E-state index contributed by atoms with van der Waals surface area (Å²) >= 11 is 3.71. The van der Waals surface area contributed by atoms with E-state index in [9.17, 15) is 0 Å². The van der Waals surface area contributed by atoms with Crippen molar-refractivity contribution < 1.29 is 0 Å². The lowest BCUT2D eigenvalue weighted by Gasteiger charge is -2.23. The Morgan fingerprint density at radius 1 is 0.806 bits per heavy atom. The third kappa shape index (κ3) is 2.84. The van der Waals surface area contributed by atoms with E-state index in [1.807, 2.05) is 28.9 Å². The zero-order chi connectivity index (χ0) is 21.3. The van der Waals surface area contributed by atoms with Crippen LogP contribution in [0.5, 0.6) is 0 Å². The number of rotatable bonds is 1. The Bertz CT molecular complexity index is 1630. The summed E-state index contributed by atoms with van der Waals surface area (Å²) in [5, 5.41) is 8.93. The fraction of sp³-hybridized carbons (Fsp3) is 0.179. The molecule has 0 bridgehead atoms. The first kappa shape index (κ1) is 19.0. The summed E-state index contributed by atoms with van der Waals surface area (Å²) in [5.41, 5.74) is 5.08. The van der Waals surface area contributed by atoms with E-state index in [2.05, 4.69) is 87.7 Å². The van der Waals surface area contributed by atoms with Crippen LogP contribution < -0.4 is 0 Å². The van der Waals surface area contributed by atoms with Crippen LogP contribution >= 0.6 is 22.7 Å². The predicted octanol–water partition coefficient (Wildman–Crippen LogP) is 9.09. The topological polar surface area (TPSA) is 12.9 Å². The highest BCUT2D eigenvalue weighted by Gasteiger charge is 2.21. The van der Waals surface area contributed by atoms with Crippen molar-refractivity contribution in [1.82, 2.24) is 4.98 Å². The number of aryl methyl sites for hydroxylation is 1. The van der Waals surface area contributed by atoms with Crippen molar-refractivity contribution in [3.63, 3.8) is 0 Å². The fourth-order valence-electron chi connectivity index (χ4n) is 4.77. The second-order valence-electron chi connectivity index (χ2n) is 9.36. The third-order valence-corrected chi connectivity index (χ3v) is 8.40. The van der Waals surface area contributed by atoms with Crippen LogP contribution in [0, 0.1) is 6.92 Å². The van der Waals surface area contributed by atoms with Gasteiger partial charge in [0.2, 0.25) is 0 Å². The summed E-state index contributed by atoms with van der Waals surface area (Å²) in [6.45, 7) is 9.12. The van der Waals surface area contributed by atoms with Gasteiger partial charge in [0.25, 0.3) is 0 Å². The largest absolute Gasteiger partial charge is 0.256 e. The van der Waals surface area contributed by atoms with E-state index in [1.165, 1.54) is 57.7 Å². The molecule has 3 aromatic heterocycles. The number of thiophene rings is 2. The van der Waals surface area contributed by atoms with E-state index in [4.69, 9.17) is 4.98 Å². The fourth-order valence-corrected chi connectivity index (χ4v) is 6.83. The SMILES string of the molecule is Cc1csc2ccc3sc4ccnc(-c5cc(C(C)(C)C)c6ccccc6c5)c4c3c12. The van der Waals surface area contributed by atoms with Crippen molar-refractivity contribution in [2.75, 3.05) is 0 Å². The van der Waals surface area contributed by atoms with Crippen molar-refractivity contribution in [1.29, 1.82) is 0 Å². The van der Waals surface area contributed by atoms with E-state index < -0.39 is 0 Å². The van der Waals surface area contributed by atoms with Gasteiger partial charge >= 0.3 is 0 Å². The minimum Gasteiger partial charge on any atom is -0.256 e. The molecule has 0 atom stereocenters. The van der Waals surface area contributed by atoms with Crippen molar-refractivity contribution >= 4 is 63.7 Å². The maximum atomic E-state index is 4.96. The Morgan fingerprint density at radius 2 is 1.58 bits per heavy atom. The molecule has 6 rings (SSSR count). The summed E-state index contributed by atoms with van der Waals surface area (Å²) in [6.07, 6.45) is 1.97. The first-order valence-corrected chi connectivity index (χ1v) is 12.3. The van der Waals surface area contributed by atoms with Gasteiger partial charge in [0.05, 0.1) is 5.69 Å². The molecule has 6 aromatic rings. The summed E-state index contributed by atoms with van der Waals surface area (Å²) in [6, 6.07) is 20.1. The van der Waals surface area contributed by atoms with Gasteiger partial charge in [-0.1, -0.05) is 45.0 Å². The molecule has 3 heteroatoms. The number of hydrogen-bond donors (Lipinski definition) is 0. The second kappa shape index (κ2) is 6.62. The maximum absolute atomic E-state index is 4.96. The molecule has 152 valence electrons. The normalized spacial score (nSPS) is 12.5. The van der Waals surface area contributed by atoms with Gasteiger partial charge in [-0.15, -0.1) is 22.7 Å². The van der Waals surface area contributed by atoms with Crippen molar-refractivity contribution in [2.45, 2.75) is 33.1 Å². The van der Waals surface area contributed by atoms with E-state index in [0.29, 0.717) is 0 Å². The number of benzene rings is 3. The second-order valence-corrected chi connectivity index (χ2v) is 11.4. The average Bonchev–Trinajstić information content (AvgIpc) is 3.32. The lowest BCUT2D eigenvalue weighted by atomic mass is 9.82. The standard InChI is InChI=1S/C28H23NS2/c1-16-15-30-21-9-10-22-25(24(16)21)26-23(31-22)11-12-29-27(26)18-13-17-7-5-6-8-19(17)20(14-18)28(2,3)4/h5-15H,1-4H3. The molecule has 3 heterocycles.